The quantitative estimate of drug-likeness (QED) is 0.696. The van der Waals surface area contributed by atoms with Crippen molar-refractivity contribution < 1.29 is 8.78 Å². The monoisotopic (exact) mass is 230 g/mol. The number of benzene rings is 1. The molecule has 82 valence electrons. The fourth-order valence-electron chi connectivity index (χ4n) is 1.60. The summed E-state index contributed by atoms with van der Waals surface area (Å²) in [5, 5.41) is 0.589. The Kier molecular flexibility index (Phi) is 4.28. The van der Waals surface area contributed by atoms with Gasteiger partial charge >= 0.3 is 0 Å². The topological polar surface area (TPSA) is 0 Å². The molecule has 0 aliphatic heterocycles. The summed E-state index contributed by atoms with van der Waals surface area (Å²) in [6, 6.07) is 6.79. The molecular formula is C12H13ClF2. The first-order valence-corrected chi connectivity index (χ1v) is 5.15. The molecule has 1 aromatic rings. The zero-order valence-electron chi connectivity index (χ0n) is 8.68. The molecule has 0 aliphatic carbocycles. The summed E-state index contributed by atoms with van der Waals surface area (Å²) < 4.78 is 25.5. The van der Waals surface area contributed by atoms with Crippen LogP contribution in [0.3, 0.4) is 0 Å². The average molecular weight is 231 g/mol. The Morgan fingerprint density at radius 2 is 1.80 bits per heavy atom. The molecule has 15 heavy (non-hydrogen) atoms. The van der Waals surface area contributed by atoms with Crippen molar-refractivity contribution in [2.24, 2.45) is 5.92 Å². The summed E-state index contributed by atoms with van der Waals surface area (Å²) in [6.45, 7) is 3.70. The van der Waals surface area contributed by atoms with Gasteiger partial charge in [-0.3, -0.25) is 0 Å². The molecule has 1 rings (SSSR count). The highest BCUT2D eigenvalue weighted by Gasteiger charge is 2.20. The van der Waals surface area contributed by atoms with Crippen LogP contribution >= 0.6 is 11.6 Å². The van der Waals surface area contributed by atoms with Crippen molar-refractivity contribution in [2.75, 3.05) is 0 Å². The number of hydrogen-bond donors (Lipinski definition) is 0. The minimum atomic E-state index is -0.743. The third kappa shape index (κ3) is 3.03. The van der Waals surface area contributed by atoms with Gasteiger partial charge in [0.1, 0.15) is 12.2 Å². The molecule has 0 spiro atoms. The lowest BCUT2D eigenvalue weighted by Crippen LogP contribution is -2.07. The molecule has 0 saturated heterocycles. The number of hydrogen-bond acceptors (Lipinski definition) is 0. The summed E-state index contributed by atoms with van der Waals surface area (Å²) in [4.78, 5) is 0. The number of allylic oxidation sites excluding steroid dienone is 1. The van der Waals surface area contributed by atoms with Crippen molar-refractivity contribution in [2.45, 2.75) is 19.8 Å². The molecule has 0 radical (unpaired) electrons. The molecule has 0 amide bonds. The zero-order chi connectivity index (χ0) is 11.4. The maximum absolute atomic E-state index is 13.3. The molecule has 1 aromatic carbocycles. The highest BCUT2D eigenvalue weighted by Crippen LogP contribution is 2.33. The molecule has 0 fully saturated rings. The van der Waals surface area contributed by atoms with E-state index in [0.29, 0.717) is 5.02 Å². The maximum atomic E-state index is 13.3. The van der Waals surface area contributed by atoms with E-state index in [1.165, 1.54) is 0 Å². The Labute approximate surface area is 93.6 Å². The number of halogens is 3. The molecule has 0 N–H and O–H groups in total. The van der Waals surface area contributed by atoms with E-state index in [4.69, 9.17) is 11.6 Å². The molecule has 1 atom stereocenters. The van der Waals surface area contributed by atoms with E-state index in [1.54, 1.807) is 24.3 Å². The SMILES string of the molecule is CC(C)C(/C(F)=C\F)c1ccc(Cl)cc1. The van der Waals surface area contributed by atoms with E-state index in [9.17, 15) is 8.78 Å². The van der Waals surface area contributed by atoms with E-state index < -0.39 is 11.7 Å². The van der Waals surface area contributed by atoms with Crippen LogP contribution in [-0.2, 0) is 0 Å². The zero-order valence-corrected chi connectivity index (χ0v) is 9.43. The second-order valence-corrected chi connectivity index (χ2v) is 4.20. The Hall–Kier alpha value is -0.890. The van der Waals surface area contributed by atoms with Crippen molar-refractivity contribution in [3.05, 3.63) is 47.0 Å². The van der Waals surface area contributed by atoms with Gasteiger partial charge in [0.15, 0.2) is 0 Å². The van der Waals surface area contributed by atoms with Gasteiger partial charge in [0, 0.05) is 10.9 Å². The molecular weight excluding hydrogens is 218 g/mol. The van der Waals surface area contributed by atoms with Gasteiger partial charge < -0.3 is 0 Å². The van der Waals surface area contributed by atoms with Crippen LogP contribution in [0.5, 0.6) is 0 Å². The smallest absolute Gasteiger partial charge is 0.136 e. The normalized spacial score (nSPS) is 14.4. The largest absolute Gasteiger partial charge is 0.213 e. The first-order valence-electron chi connectivity index (χ1n) is 4.77. The third-order valence-electron chi connectivity index (χ3n) is 2.30. The molecule has 0 aliphatic rings. The van der Waals surface area contributed by atoms with Crippen LogP contribution in [-0.4, -0.2) is 0 Å². The van der Waals surface area contributed by atoms with E-state index in [0.717, 1.165) is 5.56 Å². The van der Waals surface area contributed by atoms with E-state index in [2.05, 4.69) is 0 Å². The Morgan fingerprint density at radius 1 is 1.27 bits per heavy atom. The lowest BCUT2D eigenvalue weighted by molar-refractivity contribution is 0.437. The highest BCUT2D eigenvalue weighted by atomic mass is 35.5. The molecule has 0 bridgehead atoms. The van der Waals surface area contributed by atoms with Gasteiger partial charge in [-0.1, -0.05) is 37.6 Å². The van der Waals surface area contributed by atoms with Crippen molar-refractivity contribution in [1.82, 2.24) is 0 Å². The van der Waals surface area contributed by atoms with Crippen LogP contribution in [0.1, 0.15) is 25.3 Å². The van der Waals surface area contributed by atoms with Crippen LogP contribution in [0.4, 0.5) is 8.78 Å². The molecule has 0 aromatic heterocycles. The van der Waals surface area contributed by atoms with Gasteiger partial charge in [-0.05, 0) is 23.6 Å². The van der Waals surface area contributed by atoms with Crippen LogP contribution in [0, 0.1) is 5.92 Å². The van der Waals surface area contributed by atoms with Crippen LogP contribution in [0.25, 0.3) is 0 Å². The van der Waals surface area contributed by atoms with Gasteiger partial charge in [-0.2, -0.15) is 0 Å². The first kappa shape index (κ1) is 12.2. The summed E-state index contributed by atoms with van der Waals surface area (Å²) >= 11 is 5.73. The van der Waals surface area contributed by atoms with E-state index in [1.807, 2.05) is 13.8 Å². The van der Waals surface area contributed by atoms with Crippen LogP contribution in [0.15, 0.2) is 36.4 Å². The molecule has 0 nitrogen and oxygen atoms in total. The Bertz CT molecular complexity index is 341. The van der Waals surface area contributed by atoms with Crippen molar-refractivity contribution in [1.29, 1.82) is 0 Å². The summed E-state index contributed by atoms with van der Waals surface area (Å²) in [5.74, 6) is -1.28. The predicted octanol–water partition coefficient (Wildman–Crippen LogP) is 4.86. The minimum Gasteiger partial charge on any atom is -0.213 e. The summed E-state index contributed by atoms with van der Waals surface area (Å²) in [5.41, 5.74) is 0.737. The van der Waals surface area contributed by atoms with Gasteiger partial charge in [0.25, 0.3) is 0 Å². The van der Waals surface area contributed by atoms with Crippen LogP contribution < -0.4 is 0 Å². The molecule has 0 saturated carbocycles. The van der Waals surface area contributed by atoms with E-state index >= 15 is 0 Å². The lowest BCUT2D eigenvalue weighted by atomic mass is 9.88. The molecule has 1 unspecified atom stereocenters. The second-order valence-electron chi connectivity index (χ2n) is 3.77. The van der Waals surface area contributed by atoms with E-state index in [-0.39, 0.29) is 12.2 Å². The van der Waals surface area contributed by atoms with Gasteiger partial charge in [0.05, 0.1) is 0 Å². The predicted molar refractivity (Wildman–Crippen MR) is 59.3 cm³/mol. The molecule has 0 heterocycles. The molecule has 3 heteroatoms. The Morgan fingerprint density at radius 3 is 2.20 bits per heavy atom. The van der Waals surface area contributed by atoms with Crippen LogP contribution in [0.2, 0.25) is 5.02 Å². The summed E-state index contributed by atoms with van der Waals surface area (Å²) in [7, 11) is 0. The van der Waals surface area contributed by atoms with Gasteiger partial charge in [-0.15, -0.1) is 0 Å². The second kappa shape index (κ2) is 5.26. The lowest BCUT2D eigenvalue weighted by Gasteiger charge is -2.18. The van der Waals surface area contributed by atoms with Crippen molar-refractivity contribution >= 4 is 11.6 Å². The fourth-order valence-corrected chi connectivity index (χ4v) is 1.73. The maximum Gasteiger partial charge on any atom is 0.136 e. The van der Waals surface area contributed by atoms with Gasteiger partial charge in [-0.25, -0.2) is 8.78 Å². The first-order chi connectivity index (χ1) is 7.06. The van der Waals surface area contributed by atoms with Gasteiger partial charge in [0.2, 0.25) is 0 Å². The standard InChI is InChI=1S/C12H13ClF2/c1-8(2)12(11(15)7-14)9-3-5-10(13)6-4-9/h3-8,12H,1-2H3/b11-7+. The highest BCUT2D eigenvalue weighted by molar-refractivity contribution is 6.30. The summed E-state index contributed by atoms with van der Waals surface area (Å²) in [6.07, 6.45) is 0.0271. The Balaban J connectivity index is 3.05. The average Bonchev–Trinajstić information content (AvgIpc) is 2.20. The van der Waals surface area contributed by atoms with Crippen molar-refractivity contribution in [3.63, 3.8) is 0 Å². The fraction of sp³-hybridized carbons (Fsp3) is 0.333. The number of rotatable bonds is 3. The van der Waals surface area contributed by atoms with Crippen molar-refractivity contribution in [3.8, 4) is 0 Å². The third-order valence-corrected chi connectivity index (χ3v) is 2.55. The minimum absolute atomic E-state index is 0.00169.